The molecular weight excluding hydrogens is 427 g/mol. The summed E-state index contributed by atoms with van der Waals surface area (Å²) in [6.45, 7) is -2.26. The van der Waals surface area contributed by atoms with Crippen LogP contribution in [0.3, 0.4) is 0 Å². The van der Waals surface area contributed by atoms with Gasteiger partial charge in [-0.05, 0) is 6.26 Å². The molecule has 0 aromatic heterocycles. The molecular formula is C10H10F7NO6S2-2. The Morgan fingerprint density at radius 2 is 1.58 bits per heavy atom. The van der Waals surface area contributed by atoms with Crippen molar-refractivity contribution < 1.29 is 58.3 Å². The molecule has 1 atom stereocenters. The quantitative estimate of drug-likeness (QED) is 0.134. The number of halogens is 7. The van der Waals surface area contributed by atoms with Gasteiger partial charge in [-0.2, -0.15) is 26.3 Å². The first kappa shape index (κ1) is 24.5. The van der Waals surface area contributed by atoms with Crippen molar-refractivity contribution in [1.29, 1.82) is 0 Å². The third-order valence-electron chi connectivity index (χ3n) is 2.28. The van der Waals surface area contributed by atoms with Crippen molar-refractivity contribution in [3.05, 3.63) is 0 Å². The predicted molar refractivity (Wildman–Crippen MR) is 75.6 cm³/mol. The maximum Gasteiger partial charge on any atom is 0.411 e. The summed E-state index contributed by atoms with van der Waals surface area (Å²) >= 11 is 0. The molecule has 16 heteroatoms. The molecule has 154 valence electrons. The fourth-order valence-corrected chi connectivity index (χ4v) is 1.78. The van der Waals surface area contributed by atoms with Gasteiger partial charge >= 0.3 is 23.7 Å². The molecule has 0 fully saturated rings. The first-order chi connectivity index (χ1) is 11.2. The minimum atomic E-state index is -6.70. The van der Waals surface area contributed by atoms with Crippen LogP contribution in [0, 0.1) is 0 Å². The Morgan fingerprint density at radius 3 is 1.92 bits per heavy atom. The Kier molecular flexibility index (Phi) is 6.79. The summed E-state index contributed by atoms with van der Waals surface area (Å²) in [5.41, 5.74) is -3.62. The van der Waals surface area contributed by atoms with Crippen LogP contribution in [0.2, 0.25) is 0 Å². The minimum Gasteiger partial charge on any atom is -0.857 e. The van der Waals surface area contributed by atoms with E-state index in [2.05, 4.69) is 20.9 Å². The van der Waals surface area contributed by atoms with E-state index in [1.54, 1.807) is 0 Å². The van der Waals surface area contributed by atoms with Crippen LogP contribution >= 0.6 is 9.39 Å². The van der Waals surface area contributed by atoms with Gasteiger partial charge in [-0.1, -0.05) is 11.7 Å². The Labute approximate surface area is 142 Å². The number of carbonyl (C=O) groups is 1. The molecule has 0 rings (SSSR count). The monoisotopic (exact) mass is 437 g/mol. The van der Waals surface area contributed by atoms with Crippen LogP contribution in [0.4, 0.5) is 30.7 Å². The molecule has 0 radical (unpaired) electrons. The SMILES string of the molecule is C=S(=C)(C)/N=C(\[O-])C(F)(F)C(F)(F)C(F)(F)C(=O)OCC(F)S(=O)(=O)[O-]. The molecule has 0 aliphatic carbocycles. The van der Waals surface area contributed by atoms with Crippen molar-refractivity contribution in [2.45, 2.75) is 23.3 Å². The van der Waals surface area contributed by atoms with Gasteiger partial charge in [0.15, 0.2) is 0 Å². The van der Waals surface area contributed by atoms with Gasteiger partial charge in [0.25, 0.3) is 0 Å². The lowest BCUT2D eigenvalue weighted by Crippen LogP contribution is -2.63. The molecule has 0 N–H and O–H groups in total. The first-order valence-electron chi connectivity index (χ1n) is 5.79. The number of esters is 1. The van der Waals surface area contributed by atoms with Crippen molar-refractivity contribution in [2.75, 3.05) is 12.9 Å². The summed E-state index contributed by atoms with van der Waals surface area (Å²) in [6, 6.07) is 0. The zero-order valence-corrected chi connectivity index (χ0v) is 14.2. The van der Waals surface area contributed by atoms with Crippen molar-refractivity contribution in [3.8, 4) is 0 Å². The molecule has 0 bridgehead atoms. The highest BCUT2D eigenvalue weighted by molar-refractivity contribution is 8.26. The van der Waals surface area contributed by atoms with Gasteiger partial charge in [-0.25, -0.2) is 22.0 Å². The highest BCUT2D eigenvalue weighted by atomic mass is 32.2. The van der Waals surface area contributed by atoms with E-state index >= 15 is 0 Å². The smallest absolute Gasteiger partial charge is 0.411 e. The molecule has 7 nitrogen and oxygen atoms in total. The number of hydrogen-bond acceptors (Lipinski definition) is 7. The lowest BCUT2D eigenvalue weighted by atomic mass is 10.0. The van der Waals surface area contributed by atoms with E-state index in [4.69, 9.17) is 0 Å². The first-order valence-corrected chi connectivity index (χ1v) is 9.60. The van der Waals surface area contributed by atoms with Gasteiger partial charge in [-0.15, -0.1) is 9.39 Å². The van der Waals surface area contributed by atoms with Gasteiger partial charge in [0.2, 0.25) is 5.50 Å². The molecule has 0 saturated heterocycles. The summed E-state index contributed by atoms with van der Waals surface area (Å²) in [5, 5.41) is 11.1. The second-order valence-electron chi connectivity index (χ2n) is 4.84. The Hall–Kier alpha value is -1.55. The molecule has 0 aromatic carbocycles. The van der Waals surface area contributed by atoms with Gasteiger partial charge < -0.3 is 14.4 Å². The van der Waals surface area contributed by atoms with Gasteiger partial charge in [-0.3, -0.25) is 0 Å². The molecule has 0 aliphatic heterocycles. The standard InChI is InChI=1S/C10H12F7NO6S2/c1-25(2,3)18-6(19)8(12,13)10(16,17)9(14,15)7(20)24-4-5(11)26(21,22)23/h5H,1-2,4H2,3H3,(H,18,19)(H,21,22,23)/p-2. The third-order valence-corrected chi connectivity index (χ3v) is 3.64. The summed E-state index contributed by atoms with van der Waals surface area (Å²) in [4.78, 5) is 10.9. The number of rotatable bonds is 8. The molecule has 0 amide bonds. The molecule has 0 aliphatic rings. The normalized spacial score (nSPS) is 16.3. The summed E-state index contributed by atoms with van der Waals surface area (Å²) in [7, 11) is -8.82. The van der Waals surface area contributed by atoms with E-state index in [9.17, 15) is 53.6 Å². The maximum atomic E-state index is 13.4. The average molecular weight is 437 g/mol. The Bertz CT molecular complexity index is 791. The van der Waals surface area contributed by atoms with E-state index in [0.29, 0.717) is 0 Å². The largest absolute Gasteiger partial charge is 0.857 e. The topological polar surface area (TPSA) is 119 Å². The van der Waals surface area contributed by atoms with E-state index < -0.39 is 61.3 Å². The number of alkyl halides is 7. The highest BCUT2D eigenvalue weighted by Crippen LogP contribution is 2.46. The number of carbonyl (C=O) groups excluding carboxylic acids is 1. The number of ether oxygens (including phenoxy) is 1. The van der Waals surface area contributed by atoms with Crippen LogP contribution < -0.4 is 5.11 Å². The lowest BCUT2D eigenvalue weighted by molar-refractivity contribution is -0.318. The summed E-state index contributed by atoms with van der Waals surface area (Å²) in [6.07, 6.45) is 0.871. The fraction of sp³-hybridized carbons (Fsp3) is 0.600. The average Bonchev–Trinajstić information content (AvgIpc) is 2.40. The second kappa shape index (κ2) is 7.22. The van der Waals surface area contributed by atoms with E-state index in [0.717, 1.165) is 6.26 Å². The van der Waals surface area contributed by atoms with Crippen LogP contribution in [0.1, 0.15) is 0 Å². The van der Waals surface area contributed by atoms with Crippen LogP contribution in [0.25, 0.3) is 0 Å². The van der Waals surface area contributed by atoms with E-state index in [1.807, 2.05) is 0 Å². The minimum absolute atomic E-state index is 0.871. The van der Waals surface area contributed by atoms with Crippen LogP contribution in [-0.4, -0.2) is 72.7 Å². The van der Waals surface area contributed by atoms with Gasteiger partial charge in [0.1, 0.15) is 16.7 Å². The zero-order valence-electron chi connectivity index (χ0n) is 12.6. The molecule has 1 unspecified atom stereocenters. The summed E-state index contributed by atoms with van der Waals surface area (Å²) < 4.78 is 129. The van der Waals surface area contributed by atoms with E-state index in [-0.39, 0.29) is 0 Å². The van der Waals surface area contributed by atoms with Crippen molar-refractivity contribution in [2.24, 2.45) is 4.40 Å². The Balaban J connectivity index is 5.73. The fourth-order valence-electron chi connectivity index (χ4n) is 1.03. The van der Waals surface area contributed by atoms with Crippen molar-refractivity contribution >= 4 is 43.1 Å². The van der Waals surface area contributed by atoms with Gasteiger partial charge in [0, 0.05) is 5.90 Å². The molecule has 26 heavy (non-hydrogen) atoms. The van der Waals surface area contributed by atoms with Crippen molar-refractivity contribution in [1.82, 2.24) is 0 Å². The third kappa shape index (κ3) is 5.23. The molecule has 0 aromatic rings. The van der Waals surface area contributed by atoms with E-state index in [1.165, 1.54) is 0 Å². The molecule has 0 heterocycles. The highest BCUT2D eigenvalue weighted by Gasteiger charge is 2.76. The molecule has 0 spiro atoms. The predicted octanol–water partition coefficient (Wildman–Crippen LogP) is 0.249. The van der Waals surface area contributed by atoms with Crippen LogP contribution in [0.5, 0.6) is 0 Å². The summed E-state index contributed by atoms with van der Waals surface area (Å²) in [5.74, 6) is -19.9. The van der Waals surface area contributed by atoms with Crippen LogP contribution in [-0.2, 0) is 19.6 Å². The number of hydrogen-bond donors (Lipinski definition) is 0. The Morgan fingerprint density at radius 1 is 1.15 bits per heavy atom. The van der Waals surface area contributed by atoms with Gasteiger partial charge in [0.05, 0.1) is 0 Å². The number of nitrogens with zero attached hydrogens (tertiary/aromatic N) is 1. The zero-order chi connectivity index (χ0) is 21.4. The second-order valence-corrected chi connectivity index (χ2v) is 8.97. The maximum absolute atomic E-state index is 13.4. The van der Waals surface area contributed by atoms with Crippen LogP contribution in [0.15, 0.2) is 4.40 Å². The van der Waals surface area contributed by atoms with Crippen molar-refractivity contribution in [3.63, 3.8) is 0 Å². The lowest BCUT2D eigenvalue weighted by Gasteiger charge is -2.34. The molecule has 0 saturated carbocycles.